The van der Waals surface area contributed by atoms with Crippen LogP contribution in [0.25, 0.3) is 0 Å². The summed E-state index contributed by atoms with van der Waals surface area (Å²) in [5.41, 5.74) is 5.22. The van der Waals surface area contributed by atoms with E-state index in [0.717, 1.165) is 0 Å². The molecule has 1 atom stereocenters. The van der Waals surface area contributed by atoms with Crippen LogP contribution in [0.1, 0.15) is 12.5 Å². The number of hydrogen-bond donors (Lipinski definition) is 2. The maximum absolute atomic E-state index is 9.11. The summed E-state index contributed by atoms with van der Waals surface area (Å²) in [5.74, 6) is 0.124. The highest BCUT2D eigenvalue weighted by molar-refractivity contribution is 5.35. The van der Waals surface area contributed by atoms with E-state index in [-0.39, 0.29) is 5.75 Å². The van der Waals surface area contributed by atoms with Gasteiger partial charge in [0.25, 0.3) is 0 Å². The molecule has 0 fully saturated rings. The first kappa shape index (κ1) is 8.57. The van der Waals surface area contributed by atoms with Crippen LogP contribution in [0.4, 0.5) is 0 Å². The fourth-order valence-corrected chi connectivity index (χ4v) is 0.893. The quantitative estimate of drug-likeness (QED) is 0.649. The summed E-state index contributed by atoms with van der Waals surface area (Å²) < 4.78 is 0. The Hall–Kier alpha value is -1.53. The Morgan fingerprint density at radius 2 is 2.25 bits per heavy atom. The van der Waals surface area contributed by atoms with E-state index in [2.05, 4.69) is 0 Å². The number of rotatable bonds is 1. The third kappa shape index (κ3) is 1.55. The van der Waals surface area contributed by atoms with E-state index in [1.807, 2.05) is 6.07 Å². The number of benzene rings is 1. The van der Waals surface area contributed by atoms with Crippen LogP contribution in [0, 0.1) is 11.3 Å². The van der Waals surface area contributed by atoms with Crippen molar-refractivity contribution in [2.75, 3.05) is 0 Å². The molecule has 0 saturated heterocycles. The molecule has 0 spiro atoms. The molecule has 1 aromatic rings. The van der Waals surface area contributed by atoms with Crippen LogP contribution < -0.4 is 5.73 Å². The Labute approximate surface area is 71.1 Å². The standard InChI is InChI=1S/C9H10N2O/c1-9(11,6-10)7-3-2-4-8(12)5-7/h2-5,12H,11H2,1H3/t9-/m0/s1. The van der Waals surface area contributed by atoms with Gasteiger partial charge in [-0.1, -0.05) is 12.1 Å². The van der Waals surface area contributed by atoms with Crippen molar-refractivity contribution in [3.63, 3.8) is 0 Å². The van der Waals surface area contributed by atoms with Crippen molar-refractivity contribution in [2.24, 2.45) is 5.73 Å². The Balaban J connectivity index is 3.14. The van der Waals surface area contributed by atoms with Crippen molar-refractivity contribution in [3.05, 3.63) is 29.8 Å². The number of nitrogens with zero attached hydrogens (tertiary/aromatic N) is 1. The Kier molecular flexibility index (Phi) is 2.03. The maximum Gasteiger partial charge on any atom is 0.127 e. The van der Waals surface area contributed by atoms with Gasteiger partial charge < -0.3 is 10.8 Å². The van der Waals surface area contributed by atoms with Crippen LogP contribution in [0.15, 0.2) is 24.3 Å². The summed E-state index contributed by atoms with van der Waals surface area (Å²) in [6.45, 7) is 1.60. The Morgan fingerprint density at radius 3 is 2.75 bits per heavy atom. The van der Waals surface area contributed by atoms with Gasteiger partial charge in [0.15, 0.2) is 0 Å². The summed E-state index contributed by atoms with van der Waals surface area (Å²) in [4.78, 5) is 0. The zero-order valence-electron chi connectivity index (χ0n) is 6.78. The summed E-state index contributed by atoms with van der Waals surface area (Å²) in [5, 5.41) is 17.8. The van der Waals surface area contributed by atoms with E-state index < -0.39 is 5.54 Å². The molecule has 3 nitrogen and oxygen atoms in total. The van der Waals surface area contributed by atoms with Crippen molar-refractivity contribution in [1.29, 1.82) is 5.26 Å². The van der Waals surface area contributed by atoms with E-state index >= 15 is 0 Å². The normalized spacial score (nSPS) is 14.8. The van der Waals surface area contributed by atoms with Crippen molar-refractivity contribution < 1.29 is 5.11 Å². The number of nitrogens with two attached hydrogens (primary N) is 1. The van der Waals surface area contributed by atoms with Gasteiger partial charge >= 0.3 is 0 Å². The number of nitriles is 1. The van der Waals surface area contributed by atoms with Gasteiger partial charge in [0, 0.05) is 0 Å². The van der Waals surface area contributed by atoms with Gasteiger partial charge in [-0.2, -0.15) is 5.26 Å². The summed E-state index contributed by atoms with van der Waals surface area (Å²) in [6, 6.07) is 8.35. The number of hydrogen-bond acceptors (Lipinski definition) is 3. The molecule has 3 N–H and O–H groups in total. The van der Waals surface area contributed by atoms with Gasteiger partial charge in [0.1, 0.15) is 11.3 Å². The summed E-state index contributed by atoms with van der Waals surface area (Å²) >= 11 is 0. The molecule has 0 aliphatic carbocycles. The molecule has 0 saturated carbocycles. The second-order valence-electron chi connectivity index (χ2n) is 2.86. The fourth-order valence-electron chi connectivity index (χ4n) is 0.893. The molecule has 62 valence electrons. The second kappa shape index (κ2) is 2.84. The van der Waals surface area contributed by atoms with E-state index in [4.69, 9.17) is 16.1 Å². The molecule has 0 radical (unpaired) electrons. The minimum atomic E-state index is -1.03. The van der Waals surface area contributed by atoms with Gasteiger partial charge in [-0.3, -0.25) is 0 Å². The first-order chi connectivity index (χ1) is 5.56. The highest BCUT2D eigenvalue weighted by Crippen LogP contribution is 2.20. The van der Waals surface area contributed by atoms with Crippen LogP contribution in [0.2, 0.25) is 0 Å². The number of phenols is 1. The zero-order valence-corrected chi connectivity index (χ0v) is 6.78. The predicted molar refractivity (Wildman–Crippen MR) is 45.3 cm³/mol. The number of phenolic OH excluding ortho intramolecular Hbond substituents is 1. The highest BCUT2D eigenvalue weighted by Gasteiger charge is 2.19. The minimum Gasteiger partial charge on any atom is -0.508 e. The van der Waals surface area contributed by atoms with Crippen molar-refractivity contribution in [3.8, 4) is 11.8 Å². The molecule has 1 aromatic carbocycles. The van der Waals surface area contributed by atoms with Crippen LogP contribution in [-0.4, -0.2) is 5.11 Å². The Bertz CT molecular complexity index is 326. The molecule has 0 aliphatic heterocycles. The third-order valence-electron chi connectivity index (χ3n) is 1.68. The molecule has 0 aromatic heterocycles. The average molecular weight is 162 g/mol. The average Bonchev–Trinajstić information content (AvgIpc) is 2.05. The topological polar surface area (TPSA) is 70.0 Å². The molecule has 0 aliphatic rings. The molecular weight excluding hydrogens is 152 g/mol. The van der Waals surface area contributed by atoms with E-state index in [9.17, 15) is 0 Å². The smallest absolute Gasteiger partial charge is 0.127 e. The van der Waals surface area contributed by atoms with Crippen LogP contribution in [0.5, 0.6) is 5.75 Å². The van der Waals surface area contributed by atoms with Crippen LogP contribution >= 0.6 is 0 Å². The predicted octanol–water partition coefficient (Wildman–Crippen LogP) is 1.09. The summed E-state index contributed by atoms with van der Waals surface area (Å²) in [7, 11) is 0. The van der Waals surface area contributed by atoms with Gasteiger partial charge in [-0.05, 0) is 24.6 Å². The Morgan fingerprint density at radius 1 is 1.58 bits per heavy atom. The van der Waals surface area contributed by atoms with E-state index in [1.165, 1.54) is 12.1 Å². The maximum atomic E-state index is 9.11. The first-order valence-corrected chi connectivity index (χ1v) is 3.56. The van der Waals surface area contributed by atoms with Gasteiger partial charge in [0.2, 0.25) is 0 Å². The van der Waals surface area contributed by atoms with Crippen molar-refractivity contribution in [2.45, 2.75) is 12.5 Å². The van der Waals surface area contributed by atoms with Crippen LogP contribution in [0.3, 0.4) is 0 Å². The molecule has 0 amide bonds. The molecule has 0 heterocycles. The third-order valence-corrected chi connectivity index (χ3v) is 1.68. The van der Waals surface area contributed by atoms with Gasteiger partial charge in [0.05, 0.1) is 6.07 Å². The van der Waals surface area contributed by atoms with Crippen molar-refractivity contribution in [1.82, 2.24) is 0 Å². The fraction of sp³-hybridized carbons (Fsp3) is 0.222. The van der Waals surface area contributed by atoms with E-state index in [0.29, 0.717) is 5.56 Å². The molecule has 12 heavy (non-hydrogen) atoms. The van der Waals surface area contributed by atoms with Crippen molar-refractivity contribution >= 4 is 0 Å². The first-order valence-electron chi connectivity index (χ1n) is 3.56. The second-order valence-corrected chi connectivity index (χ2v) is 2.86. The summed E-state index contributed by atoms with van der Waals surface area (Å²) in [6.07, 6.45) is 0. The lowest BCUT2D eigenvalue weighted by Crippen LogP contribution is -2.30. The molecule has 3 heteroatoms. The lowest BCUT2D eigenvalue weighted by molar-refractivity contribution is 0.472. The molecule has 0 bridgehead atoms. The largest absolute Gasteiger partial charge is 0.508 e. The molecular formula is C9H10N2O. The van der Waals surface area contributed by atoms with Gasteiger partial charge in [-0.15, -0.1) is 0 Å². The SMILES string of the molecule is C[C@](N)(C#N)c1cccc(O)c1. The molecule has 0 unspecified atom stereocenters. The monoisotopic (exact) mass is 162 g/mol. The van der Waals surface area contributed by atoms with E-state index in [1.54, 1.807) is 19.1 Å². The lowest BCUT2D eigenvalue weighted by atomic mass is 9.95. The lowest BCUT2D eigenvalue weighted by Gasteiger charge is -2.15. The van der Waals surface area contributed by atoms with Gasteiger partial charge in [-0.25, -0.2) is 0 Å². The highest BCUT2D eigenvalue weighted by atomic mass is 16.3. The van der Waals surface area contributed by atoms with Crippen LogP contribution in [-0.2, 0) is 5.54 Å². The number of aromatic hydroxyl groups is 1. The minimum absolute atomic E-state index is 0.124. The zero-order chi connectivity index (χ0) is 9.19. The molecule has 1 rings (SSSR count).